The lowest BCUT2D eigenvalue weighted by molar-refractivity contribution is 0.598. The van der Waals surface area contributed by atoms with E-state index in [1.807, 2.05) is 11.8 Å². The van der Waals surface area contributed by atoms with E-state index in [-0.39, 0.29) is 0 Å². The van der Waals surface area contributed by atoms with Crippen molar-refractivity contribution in [2.75, 3.05) is 6.54 Å². The van der Waals surface area contributed by atoms with Crippen LogP contribution in [0, 0.1) is 0 Å². The summed E-state index contributed by atoms with van der Waals surface area (Å²) in [6, 6.07) is 6.85. The minimum Gasteiger partial charge on any atom is -0.310 e. The van der Waals surface area contributed by atoms with Crippen LogP contribution in [0.3, 0.4) is 0 Å². The van der Waals surface area contributed by atoms with E-state index in [1.54, 1.807) is 0 Å². The first-order valence-corrected chi connectivity index (χ1v) is 8.16. The Balaban J connectivity index is 2.04. The van der Waals surface area contributed by atoms with Gasteiger partial charge in [-0.2, -0.15) is 0 Å². The number of hydrogen-bond acceptors (Lipinski definition) is 2. The molecule has 1 unspecified atom stereocenters. The Kier molecular flexibility index (Phi) is 5.40. The molecule has 1 fully saturated rings. The Hall–Kier alpha value is -0.180. The molecule has 0 radical (unpaired) electrons. The van der Waals surface area contributed by atoms with Crippen LogP contribution in [0.25, 0.3) is 0 Å². The zero-order valence-corrected chi connectivity index (χ0v) is 12.8. The van der Waals surface area contributed by atoms with Crippen molar-refractivity contribution in [3.63, 3.8) is 0 Å². The fourth-order valence-electron chi connectivity index (χ4n) is 2.55. The molecule has 1 aliphatic rings. The second kappa shape index (κ2) is 6.83. The van der Waals surface area contributed by atoms with E-state index in [9.17, 15) is 0 Å². The second-order valence-corrected chi connectivity index (χ2v) is 6.77. The Bertz CT molecular complexity index is 388. The van der Waals surface area contributed by atoms with Crippen molar-refractivity contribution in [2.45, 2.75) is 55.7 Å². The first-order chi connectivity index (χ1) is 8.70. The van der Waals surface area contributed by atoms with E-state index in [4.69, 9.17) is 11.6 Å². The zero-order valence-electron chi connectivity index (χ0n) is 11.2. The average molecular weight is 284 g/mol. The van der Waals surface area contributed by atoms with Crippen LogP contribution in [0.2, 0.25) is 5.02 Å². The maximum absolute atomic E-state index is 6.39. The Morgan fingerprint density at radius 2 is 2.11 bits per heavy atom. The van der Waals surface area contributed by atoms with Gasteiger partial charge in [0.2, 0.25) is 0 Å². The van der Waals surface area contributed by atoms with Crippen molar-refractivity contribution in [3.05, 3.63) is 28.8 Å². The molecule has 1 aromatic rings. The highest BCUT2D eigenvalue weighted by atomic mass is 35.5. The molecule has 1 N–H and O–H groups in total. The monoisotopic (exact) mass is 283 g/mol. The molecule has 0 spiro atoms. The molecule has 1 saturated carbocycles. The third-order valence-electron chi connectivity index (χ3n) is 3.55. The minimum atomic E-state index is 0.327. The standard InChI is InChI=1S/C15H22ClNS/c1-3-17-11(2)14-9-8-13(10-15(14)16)18-12-6-4-5-7-12/h8-12,17H,3-7H2,1-2H3. The number of rotatable bonds is 5. The van der Waals surface area contributed by atoms with Gasteiger partial charge in [-0.3, -0.25) is 0 Å². The van der Waals surface area contributed by atoms with Crippen molar-refractivity contribution in [2.24, 2.45) is 0 Å². The third-order valence-corrected chi connectivity index (χ3v) is 5.21. The number of nitrogens with one attached hydrogen (secondary N) is 1. The van der Waals surface area contributed by atoms with E-state index in [1.165, 1.54) is 36.1 Å². The summed E-state index contributed by atoms with van der Waals surface area (Å²) in [6.07, 6.45) is 5.50. The van der Waals surface area contributed by atoms with Gasteiger partial charge in [0.15, 0.2) is 0 Å². The van der Waals surface area contributed by atoms with Gasteiger partial charge in [-0.1, -0.05) is 37.4 Å². The quantitative estimate of drug-likeness (QED) is 0.812. The molecular formula is C15H22ClNS. The molecule has 1 aromatic carbocycles. The van der Waals surface area contributed by atoms with Gasteiger partial charge in [-0.15, -0.1) is 11.8 Å². The van der Waals surface area contributed by atoms with E-state index >= 15 is 0 Å². The summed E-state index contributed by atoms with van der Waals surface area (Å²) in [5.41, 5.74) is 1.20. The third kappa shape index (κ3) is 3.66. The van der Waals surface area contributed by atoms with Crippen LogP contribution >= 0.6 is 23.4 Å². The molecule has 1 nitrogen and oxygen atoms in total. The zero-order chi connectivity index (χ0) is 13.0. The lowest BCUT2D eigenvalue weighted by atomic mass is 10.1. The normalized spacial score (nSPS) is 18.2. The highest BCUT2D eigenvalue weighted by Crippen LogP contribution is 2.36. The molecular weight excluding hydrogens is 262 g/mol. The van der Waals surface area contributed by atoms with Crippen molar-refractivity contribution in [1.82, 2.24) is 5.32 Å². The second-order valence-electron chi connectivity index (χ2n) is 4.99. The summed E-state index contributed by atoms with van der Waals surface area (Å²) in [7, 11) is 0. The summed E-state index contributed by atoms with van der Waals surface area (Å²) in [6.45, 7) is 5.25. The van der Waals surface area contributed by atoms with Gasteiger partial charge in [0, 0.05) is 21.2 Å². The van der Waals surface area contributed by atoms with Crippen molar-refractivity contribution in [3.8, 4) is 0 Å². The molecule has 0 amide bonds. The summed E-state index contributed by atoms with van der Waals surface area (Å²) >= 11 is 8.39. The lowest BCUT2D eigenvalue weighted by Gasteiger charge is -2.16. The van der Waals surface area contributed by atoms with E-state index in [0.29, 0.717) is 6.04 Å². The van der Waals surface area contributed by atoms with E-state index < -0.39 is 0 Å². The van der Waals surface area contributed by atoms with Crippen LogP contribution in [0.1, 0.15) is 51.1 Å². The van der Waals surface area contributed by atoms with Gasteiger partial charge < -0.3 is 5.32 Å². The summed E-state index contributed by atoms with van der Waals surface area (Å²) in [5.74, 6) is 0. The molecule has 100 valence electrons. The van der Waals surface area contributed by atoms with Crippen molar-refractivity contribution in [1.29, 1.82) is 0 Å². The maximum atomic E-state index is 6.39. The number of halogens is 1. The maximum Gasteiger partial charge on any atom is 0.0464 e. The van der Waals surface area contributed by atoms with Crippen LogP contribution in [0.4, 0.5) is 0 Å². The molecule has 2 rings (SSSR count). The van der Waals surface area contributed by atoms with Crippen LogP contribution in [0.5, 0.6) is 0 Å². The van der Waals surface area contributed by atoms with Crippen molar-refractivity contribution < 1.29 is 0 Å². The smallest absolute Gasteiger partial charge is 0.0464 e. The average Bonchev–Trinajstić information content (AvgIpc) is 2.82. The Morgan fingerprint density at radius 3 is 2.72 bits per heavy atom. The summed E-state index contributed by atoms with van der Waals surface area (Å²) < 4.78 is 0. The number of thioether (sulfide) groups is 1. The number of benzene rings is 1. The van der Waals surface area contributed by atoms with Gasteiger partial charge in [0.05, 0.1) is 0 Å². The Labute approximate surface area is 120 Å². The highest BCUT2D eigenvalue weighted by molar-refractivity contribution is 8.00. The molecule has 1 atom stereocenters. The number of hydrogen-bond donors (Lipinski definition) is 1. The molecule has 1 aliphatic carbocycles. The highest BCUT2D eigenvalue weighted by Gasteiger charge is 2.17. The molecule has 0 bridgehead atoms. The summed E-state index contributed by atoms with van der Waals surface area (Å²) in [4.78, 5) is 1.32. The molecule has 0 aliphatic heterocycles. The van der Waals surface area contributed by atoms with E-state index in [2.05, 4.69) is 37.4 Å². The topological polar surface area (TPSA) is 12.0 Å². The van der Waals surface area contributed by atoms with Gasteiger partial charge >= 0.3 is 0 Å². The van der Waals surface area contributed by atoms with Crippen molar-refractivity contribution >= 4 is 23.4 Å². The van der Waals surface area contributed by atoms with E-state index in [0.717, 1.165) is 16.8 Å². The van der Waals surface area contributed by atoms with Crippen LogP contribution < -0.4 is 5.32 Å². The van der Waals surface area contributed by atoms with Crippen LogP contribution in [-0.4, -0.2) is 11.8 Å². The van der Waals surface area contributed by atoms with Gasteiger partial charge in [-0.05, 0) is 44.0 Å². The molecule has 0 heterocycles. The molecule has 0 saturated heterocycles. The lowest BCUT2D eigenvalue weighted by Crippen LogP contribution is -2.17. The van der Waals surface area contributed by atoms with Crippen LogP contribution in [0.15, 0.2) is 23.1 Å². The predicted octanol–water partition coefficient (Wildman–Crippen LogP) is 5.05. The molecule has 0 aromatic heterocycles. The SMILES string of the molecule is CCNC(C)c1ccc(SC2CCCC2)cc1Cl. The van der Waals surface area contributed by atoms with Crippen LogP contribution in [-0.2, 0) is 0 Å². The fourth-order valence-corrected chi connectivity index (χ4v) is 4.24. The molecule has 3 heteroatoms. The van der Waals surface area contributed by atoms with Gasteiger partial charge in [-0.25, -0.2) is 0 Å². The molecule has 18 heavy (non-hydrogen) atoms. The predicted molar refractivity (Wildman–Crippen MR) is 81.7 cm³/mol. The van der Waals surface area contributed by atoms with Gasteiger partial charge in [0.25, 0.3) is 0 Å². The first-order valence-electron chi connectivity index (χ1n) is 6.90. The fraction of sp³-hybridized carbons (Fsp3) is 0.600. The summed E-state index contributed by atoms with van der Waals surface area (Å²) in [5, 5.41) is 5.10. The minimum absolute atomic E-state index is 0.327. The first kappa shape index (κ1) is 14.2. The van der Waals surface area contributed by atoms with Gasteiger partial charge in [0.1, 0.15) is 0 Å². The largest absolute Gasteiger partial charge is 0.310 e. The Morgan fingerprint density at radius 1 is 1.39 bits per heavy atom.